The fourth-order valence-corrected chi connectivity index (χ4v) is 4.24. The summed E-state index contributed by atoms with van der Waals surface area (Å²) in [5.41, 5.74) is -0.641. The molecule has 3 aromatic carbocycles. The van der Waals surface area contributed by atoms with Crippen molar-refractivity contribution in [1.82, 2.24) is 0 Å². The van der Waals surface area contributed by atoms with Gasteiger partial charge >= 0.3 is 6.18 Å². The molecule has 1 saturated heterocycles. The third kappa shape index (κ3) is 4.94. The average molecular weight is 513 g/mol. The number of aliphatic hydroxyl groups is 1. The van der Waals surface area contributed by atoms with Crippen LogP contribution in [-0.2, 0) is 15.8 Å². The summed E-state index contributed by atoms with van der Waals surface area (Å²) in [5, 5.41) is 11.2. The van der Waals surface area contributed by atoms with Crippen LogP contribution in [0.2, 0.25) is 0 Å². The summed E-state index contributed by atoms with van der Waals surface area (Å²) in [6.45, 7) is 5.44. The zero-order valence-corrected chi connectivity index (χ0v) is 20.1. The van der Waals surface area contributed by atoms with Crippen molar-refractivity contribution in [3.8, 4) is 5.75 Å². The zero-order chi connectivity index (χ0) is 27.1. The van der Waals surface area contributed by atoms with Gasteiger partial charge in [0.2, 0.25) is 0 Å². The van der Waals surface area contributed by atoms with Crippen molar-refractivity contribution in [2.24, 2.45) is 0 Å². The number of hydrogen-bond acceptors (Lipinski definition) is 4. The Morgan fingerprint density at radius 2 is 1.65 bits per heavy atom. The Balaban J connectivity index is 1.89. The zero-order valence-electron chi connectivity index (χ0n) is 20.1. The molecule has 1 heterocycles. The van der Waals surface area contributed by atoms with Crippen LogP contribution in [0.4, 0.5) is 23.2 Å². The van der Waals surface area contributed by atoms with E-state index in [-0.39, 0.29) is 28.5 Å². The van der Waals surface area contributed by atoms with Gasteiger partial charge in [-0.1, -0.05) is 18.2 Å². The Labute approximate surface area is 210 Å². The molecule has 5 nitrogen and oxygen atoms in total. The molecule has 1 fully saturated rings. The predicted molar refractivity (Wildman–Crippen MR) is 130 cm³/mol. The first kappa shape index (κ1) is 25.9. The van der Waals surface area contributed by atoms with Crippen molar-refractivity contribution in [2.75, 3.05) is 4.90 Å². The molecule has 1 atom stereocenters. The number of benzene rings is 3. The molecular weight excluding hydrogens is 490 g/mol. The van der Waals surface area contributed by atoms with E-state index in [0.29, 0.717) is 11.3 Å². The molecular formula is C28H23F4NO4. The minimum atomic E-state index is -4.61. The van der Waals surface area contributed by atoms with Crippen LogP contribution in [0.3, 0.4) is 0 Å². The van der Waals surface area contributed by atoms with Crippen LogP contribution < -0.4 is 9.64 Å². The summed E-state index contributed by atoms with van der Waals surface area (Å²) in [5.74, 6) is -2.94. The molecule has 9 heteroatoms. The third-order valence-electron chi connectivity index (χ3n) is 5.93. The topological polar surface area (TPSA) is 66.8 Å². The number of carbonyl (C=O) groups is 2. The van der Waals surface area contributed by atoms with Gasteiger partial charge in [-0.15, -0.1) is 0 Å². The number of ether oxygens (including phenoxy) is 1. The van der Waals surface area contributed by atoms with Crippen LogP contribution in [0.5, 0.6) is 5.75 Å². The number of rotatable bonds is 5. The van der Waals surface area contributed by atoms with Gasteiger partial charge in [0.25, 0.3) is 11.7 Å². The second kappa shape index (κ2) is 9.72. The lowest BCUT2D eigenvalue weighted by Crippen LogP contribution is -2.30. The van der Waals surface area contributed by atoms with Crippen LogP contribution in [0.25, 0.3) is 5.76 Å². The van der Waals surface area contributed by atoms with Gasteiger partial charge in [-0.3, -0.25) is 14.5 Å². The van der Waals surface area contributed by atoms with E-state index in [2.05, 4.69) is 0 Å². The van der Waals surface area contributed by atoms with E-state index in [4.69, 9.17) is 4.74 Å². The Morgan fingerprint density at radius 3 is 2.22 bits per heavy atom. The highest BCUT2D eigenvalue weighted by Crippen LogP contribution is 2.43. The van der Waals surface area contributed by atoms with Gasteiger partial charge in [0, 0.05) is 16.8 Å². The van der Waals surface area contributed by atoms with Crippen LogP contribution in [-0.4, -0.2) is 22.9 Å². The first-order chi connectivity index (χ1) is 17.4. The summed E-state index contributed by atoms with van der Waals surface area (Å²) in [7, 11) is 0. The number of amides is 1. The number of hydrogen-bond donors (Lipinski definition) is 1. The number of anilines is 1. The maximum Gasteiger partial charge on any atom is 0.416 e. The number of carbonyl (C=O) groups excluding carboxylic acids is 2. The van der Waals surface area contributed by atoms with Gasteiger partial charge in [0.15, 0.2) is 0 Å². The largest absolute Gasteiger partial charge is 0.507 e. The number of halogens is 4. The molecule has 1 N–H and O–H groups in total. The molecule has 0 bridgehead atoms. The van der Waals surface area contributed by atoms with Crippen LogP contribution in [0.1, 0.15) is 42.1 Å². The summed E-state index contributed by atoms with van der Waals surface area (Å²) in [6, 6.07) is 12.3. The Morgan fingerprint density at radius 1 is 1.00 bits per heavy atom. The van der Waals surface area contributed by atoms with Gasteiger partial charge in [-0.2, -0.15) is 13.2 Å². The van der Waals surface area contributed by atoms with E-state index < -0.39 is 41.0 Å². The number of alkyl halides is 3. The van der Waals surface area contributed by atoms with E-state index in [1.807, 2.05) is 13.8 Å². The van der Waals surface area contributed by atoms with E-state index in [1.54, 1.807) is 19.1 Å². The van der Waals surface area contributed by atoms with Crippen molar-refractivity contribution in [1.29, 1.82) is 0 Å². The van der Waals surface area contributed by atoms with Crippen LogP contribution in [0.15, 0.2) is 72.3 Å². The second-order valence-corrected chi connectivity index (χ2v) is 8.88. The van der Waals surface area contributed by atoms with Crippen LogP contribution >= 0.6 is 0 Å². The van der Waals surface area contributed by atoms with E-state index in [9.17, 15) is 32.3 Å². The standard InChI is InChI=1S/C28H23F4NO4/c1-15(2)37-22-13-8-17(14-16(22)3)25(34)23-24(20-6-4-5-7-21(20)29)33(27(36)26(23)35)19-11-9-18(10-12-19)28(30,31)32/h4-15,24,34H,1-3H3/b25-23+. The monoisotopic (exact) mass is 513 g/mol. The molecule has 0 aromatic heterocycles. The van der Waals surface area contributed by atoms with E-state index in [1.165, 1.54) is 24.3 Å². The van der Waals surface area contributed by atoms with Crippen molar-refractivity contribution in [3.63, 3.8) is 0 Å². The minimum Gasteiger partial charge on any atom is -0.507 e. The summed E-state index contributed by atoms with van der Waals surface area (Å²) in [4.78, 5) is 27.2. The van der Waals surface area contributed by atoms with E-state index in [0.717, 1.165) is 35.2 Å². The van der Waals surface area contributed by atoms with Gasteiger partial charge in [-0.05, 0) is 74.9 Å². The van der Waals surface area contributed by atoms with Crippen molar-refractivity contribution in [3.05, 3.63) is 100 Å². The molecule has 4 rings (SSSR count). The van der Waals surface area contributed by atoms with Gasteiger partial charge in [0.05, 0.1) is 23.3 Å². The van der Waals surface area contributed by atoms with Gasteiger partial charge in [0.1, 0.15) is 17.3 Å². The minimum absolute atomic E-state index is 0.0562. The fraction of sp³-hybridized carbons (Fsp3) is 0.214. The summed E-state index contributed by atoms with van der Waals surface area (Å²) < 4.78 is 59.9. The Hall–Kier alpha value is -4.14. The molecule has 1 aliphatic heterocycles. The normalized spacial score (nSPS) is 17.5. The van der Waals surface area contributed by atoms with Crippen molar-refractivity contribution >= 4 is 23.1 Å². The number of aryl methyl sites for hydroxylation is 1. The van der Waals surface area contributed by atoms with Gasteiger partial charge < -0.3 is 9.84 Å². The lowest BCUT2D eigenvalue weighted by Gasteiger charge is -2.26. The quantitative estimate of drug-likeness (QED) is 0.182. The smallest absolute Gasteiger partial charge is 0.416 e. The lowest BCUT2D eigenvalue weighted by molar-refractivity contribution is -0.137. The lowest BCUT2D eigenvalue weighted by atomic mass is 9.94. The van der Waals surface area contributed by atoms with E-state index >= 15 is 0 Å². The molecule has 0 spiro atoms. The second-order valence-electron chi connectivity index (χ2n) is 8.88. The molecule has 0 aliphatic carbocycles. The molecule has 0 saturated carbocycles. The fourth-order valence-electron chi connectivity index (χ4n) is 4.24. The van der Waals surface area contributed by atoms with Gasteiger partial charge in [-0.25, -0.2) is 4.39 Å². The number of Topliss-reactive ketones (excluding diaryl/α,β-unsaturated/α-hetero) is 1. The molecule has 37 heavy (non-hydrogen) atoms. The number of aliphatic hydroxyl groups excluding tert-OH is 1. The molecule has 1 unspecified atom stereocenters. The summed E-state index contributed by atoms with van der Waals surface area (Å²) >= 11 is 0. The molecule has 1 aliphatic rings. The highest BCUT2D eigenvalue weighted by molar-refractivity contribution is 6.51. The molecule has 192 valence electrons. The third-order valence-corrected chi connectivity index (χ3v) is 5.93. The molecule has 0 radical (unpaired) electrons. The highest BCUT2D eigenvalue weighted by Gasteiger charge is 2.48. The summed E-state index contributed by atoms with van der Waals surface area (Å²) in [6.07, 6.45) is -4.71. The first-order valence-electron chi connectivity index (χ1n) is 11.4. The number of nitrogens with zero attached hydrogens (tertiary/aromatic N) is 1. The SMILES string of the molecule is Cc1cc(/C(O)=C2\C(=O)C(=O)N(c3ccc(C(F)(F)F)cc3)C2c2ccccc2F)ccc1OC(C)C. The first-order valence-corrected chi connectivity index (χ1v) is 11.4. The Kier molecular flexibility index (Phi) is 6.82. The van der Waals surface area contributed by atoms with Crippen molar-refractivity contribution in [2.45, 2.75) is 39.1 Å². The average Bonchev–Trinajstić information content (AvgIpc) is 3.09. The maximum atomic E-state index is 15.0. The predicted octanol–water partition coefficient (Wildman–Crippen LogP) is 6.57. The highest BCUT2D eigenvalue weighted by atomic mass is 19.4. The molecule has 1 amide bonds. The molecule has 3 aromatic rings. The van der Waals surface area contributed by atoms with Crippen molar-refractivity contribution < 1.29 is 37.0 Å². The van der Waals surface area contributed by atoms with Crippen LogP contribution in [0, 0.1) is 12.7 Å². The Bertz CT molecular complexity index is 1390. The maximum absolute atomic E-state index is 15.0. The number of ketones is 1.